The van der Waals surface area contributed by atoms with Crippen molar-refractivity contribution in [3.05, 3.63) is 47.8 Å². The Labute approximate surface area is 180 Å². The molecule has 1 amide bonds. The first kappa shape index (κ1) is 23.7. The molecule has 9 nitrogen and oxygen atoms in total. The highest BCUT2D eigenvalue weighted by molar-refractivity contribution is 5.98. The third-order valence-corrected chi connectivity index (χ3v) is 4.59. The second-order valence-electron chi connectivity index (χ2n) is 6.69. The zero-order valence-electron chi connectivity index (χ0n) is 18.1. The lowest BCUT2D eigenvalue weighted by Gasteiger charge is -2.22. The van der Waals surface area contributed by atoms with Gasteiger partial charge in [0.25, 0.3) is 5.91 Å². The molecule has 2 atom stereocenters. The first-order valence-electron chi connectivity index (χ1n) is 9.60. The number of esters is 2. The Kier molecular flexibility index (Phi) is 8.36. The minimum absolute atomic E-state index is 0.124. The van der Waals surface area contributed by atoms with Crippen LogP contribution in [0.4, 0.5) is 0 Å². The van der Waals surface area contributed by atoms with Crippen molar-refractivity contribution in [2.75, 3.05) is 20.8 Å². The summed E-state index contributed by atoms with van der Waals surface area (Å²) in [5.74, 6) is -1.37. The van der Waals surface area contributed by atoms with E-state index in [1.807, 2.05) is 31.2 Å². The van der Waals surface area contributed by atoms with Gasteiger partial charge >= 0.3 is 11.9 Å². The van der Waals surface area contributed by atoms with Crippen molar-refractivity contribution >= 4 is 17.8 Å². The molecule has 1 N–H and O–H groups in total. The lowest BCUT2D eigenvalue weighted by Crippen LogP contribution is -2.34. The maximum Gasteiger partial charge on any atom is 0.325 e. The number of rotatable bonds is 9. The second-order valence-corrected chi connectivity index (χ2v) is 6.69. The zero-order chi connectivity index (χ0) is 23.0. The highest BCUT2D eigenvalue weighted by Crippen LogP contribution is 2.30. The molecule has 1 unspecified atom stereocenters. The quantitative estimate of drug-likeness (QED) is 0.604. The van der Waals surface area contributed by atoms with Crippen molar-refractivity contribution < 1.29 is 33.3 Å². The molecule has 0 aliphatic heterocycles. The van der Waals surface area contributed by atoms with Crippen LogP contribution < -0.4 is 19.5 Å². The fourth-order valence-electron chi connectivity index (χ4n) is 2.88. The van der Waals surface area contributed by atoms with Gasteiger partial charge in [-0.05, 0) is 13.0 Å². The van der Waals surface area contributed by atoms with Crippen molar-refractivity contribution in [2.45, 2.75) is 32.8 Å². The summed E-state index contributed by atoms with van der Waals surface area (Å²) in [5.41, 5.74) is 0.721. The topological polar surface area (TPSA) is 113 Å². The number of nitrogens with one attached hydrogen (secondary N) is 1. The third-order valence-electron chi connectivity index (χ3n) is 4.59. The number of carbonyl (C=O) groups excluding carboxylic acids is 3. The Bertz CT molecular complexity index is 945. The number of carbonyl (C=O) groups is 3. The molecular formula is C22H26N2O7. The Hall–Kier alpha value is -3.62. The van der Waals surface area contributed by atoms with Gasteiger partial charge in [-0.3, -0.25) is 14.4 Å². The van der Waals surface area contributed by atoms with Crippen LogP contribution in [0.15, 0.2) is 36.5 Å². The molecule has 1 heterocycles. The first-order chi connectivity index (χ1) is 14.8. The molecule has 0 fully saturated rings. The number of methoxy groups -OCH3 is 2. The van der Waals surface area contributed by atoms with E-state index in [-0.39, 0.29) is 29.7 Å². The number of ether oxygens (including phenoxy) is 4. The molecule has 31 heavy (non-hydrogen) atoms. The van der Waals surface area contributed by atoms with Crippen LogP contribution in [0, 0.1) is 0 Å². The average molecular weight is 430 g/mol. The highest BCUT2D eigenvalue weighted by atomic mass is 16.6. The van der Waals surface area contributed by atoms with Crippen LogP contribution in [0.2, 0.25) is 0 Å². The number of hydrogen-bond donors (Lipinski definition) is 1. The van der Waals surface area contributed by atoms with Gasteiger partial charge in [-0.15, -0.1) is 0 Å². The minimum atomic E-state index is -0.711. The minimum Gasteiger partial charge on any atom is -0.496 e. The molecule has 0 radical (unpaired) electrons. The number of hydrogen-bond acceptors (Lipinski definition) is 8. The second kappa shape index (κ2) is 11.0. The summed E-state index contributed by atoms with van der Waals surface area (Å²) in [6.07, 6.45) is 0.864. The van der Waals surface area contributed by atoms with Gasteiger partial charge in [-0.1, -0.05) is 25.1 Å². The summed E-state index contributed by atoms with van der Waals surface area (Å²) < 4.78 is 21.0. The van der Waals surface area contributed by atoms with Gasteiger partial charge in [0.15, 0.2) is 11.4 Å². The summed E-state index contributed by atoms with van der Waals surface area (Å²) in [7, 11) is 2.94. The summed E-state index contributed by atoms with van der Waals surface area (Å²) in [6, 6.07) is 8.93. The fourth-order valence-corrected chi connectivity index (χ4v) is 2.88. The van der Waals surface area contributed by atoms with Crippen molar-refractivity contribution in [2.24, 2.45) is 0 Å². The number of amides is 1. The molecular weight excluding hydrogens is 404 g/mol. The van der Waals surface area contributed by atoms with E-state index in [4.69, 9.17) is 18.9 Å². The highest BCUT2D eigenvalue weighted by Gasteiger charge is 2.24. The van der Waals surface area contributed by atoms with Crippen LogP contribution >= 0.6 is 0 Å². The Balaban J connectivity index is 2.01. The van der Waals surface area contributed by atoms with E-state index in [2.05, 4.69) is 10.3 Å². The SMILES string of the molecule is COc1ccccc1[C@H](C)C(C)OC(=O)CNC(=O)c1nccc(OC)c1OC(C)=O. The smallest absolute Gasteiger partial charge is 0.325 e. The predicted octanol–water partition coefficient (Wildman–Crippen LogP) is 2.49. The lowest BCUT2D eigenvalue weighted by atomic mass is 9.95. The molecule has 2 aromatic rings. The number of benzene rings is 1. The Morgan fingerprint density at radius 1 is 1.03 bits per heavy atom. The van der Waals surface area contributed by atoms with E-state index in [9.17, 15) is 14.4 Å². The Morgan fingerprint density at radius 2 is 1.71 bits per heavy atom. The zero-order valence-corrected chi connectivity index (χ0v) is 18.1. The predicted molar refractivity (Wildman–Crippen MR) is 111 cm³/mol. The van der Waals surface area contributed by atoms with Crippen LogP contribution in [0.1, 0.15) is 42.7 Å². The normalized spacial score (nSPS) is 12.3. The van der Waals surface area contributed by atoms with Gasteiger partial charge < -0.3 is 24.3 Å². The summed E-state index contributed by atoms with van der Waals surface area (Å²) in [5, 5.41) is 2.42. The molecule has 0 spiro atoms. The molecule has 2 rings (SSSR count). The van der Waals surface area contributed by atoms with E-state index in [0.717, 1.165) is 5.56 Å². The molecule has 1 aromatic carbocycles. The molecule has 0 bridgehead atoms. The Morgan fingerprint density at radius 3 is 2.35 bits per heavy atom. The molecule has 0 aliphatic rings. The first-order valence-corrected chi connectivity index (χ1v) is 9.60. The van der Waals surface area contributed by atoms with Gasteiger partial charge in [-0.25, -0.2) is 4.98 Å². The molecule has 166 valence electrons. The summed E-state index contributed by atoms with van der Waals surface area (Å²) in [4.78, 5) is 40.0. The van der Waals surface area contributed by atoms with Crippen LogP contribution in [0.3, 0.4) is 0 Å². The fraction of sp³-hybridized carbons (Fsp3) is 0.364. The standard InChI is InChI=1S/C22H26N2O7/c1-13(16-8-6-7-9-17(16)28-4)14(2)30-19(26)12-24-22(27)20-21(31-15(3)25)18(29-5)10-11-23-20/h6-11,13-14H,12H2,1-5H3,(H,24,27)/t13-,14?/m1/s1. The van der Waals surface area contributed by atoms with E-state index < -0.39 is 23.9 Å². The van der Waals surface area contributed by atoms with Gasteiger partial charge in [-0.2, -0.15) is 0 Å². The van der Waals surface area contributed by atoms with Crippen molar-refractivity contribution in [1.82, 2.24) is 10.3 Å². The summed E-state index contributed by atoms with van der Waals surface area (Å²) in [6.45, 7) is 4.48. The molecule has 0 saturated heterocycles. The van der Waals surface area contributed by atoms with Crippen LogP contribution in [0.25, 0.3) is 0 Å². The largest absolute Gasteiger partial charge is 0.496 e. The van der Waals surface area contributed by atoms with E-state index >= 15 is 0 Å². The van der Waals surface area contributed by atoms with Crippen molar-refractivity contribution in [3.8, 4) is 17.2 Å². The lowest BCUT2D eigenvalue weighted by molar-refractivity contribution is -0.147. The molecule has 9 heteroatoms. The van der Waals surface area contributed by atoms with Crippen LogP contribution in [-0.2, 0) is 14.3 Å². The van der Waals surface area contributed by atoms with Crippen LogP contribution in [0.5, 0.6) is 17.2 Å². The van der Waals surface area contributed by atoms with Gasteiger partial charge in [0.2, 0.25) is 5.75 Å². The van der Waals surface area contributed by atoms with E-state index in [1.54, 1.807) is 14.0 Å². The van der Waals surface area contributed by atoms with Gasteiger partial charge in [0.05, 0.1) is 14.2 Å². The maximum absolute atomic E-state index is 12.5. The number of para-hydroxylation sites is 1. The van der Waals surface area contributed by atoms with Crippen molar-refractivity contribution in [1.29, 1.82) is 0 Å². The molecule has 0 saturated carbocycles. The number of aromatic nitrogens is 1. The molecule has 1 aromatic heterocycles. The molecule has 0 aliphatic carbocycles. The maximum atomic E-state index is 12.5. The van der Waals surface area contributed by atoms with E-state index in [1.165, 1.54) is 26.3 Å². The van der Waals surface area contributed by atoms with Crippen molar-refractivity contribution in [3.63, 3.8) is 0 Å². The number of pyridine rings is 1. The monoisotopic (exact) mass is 430 g/mol. The van der Waals surface area contributed by atoms with Gasteiger partial charge in [0.1, 0.15) is 18.4 Å². The van der Waals surface area contributed by atoms with E-state index in [0.29, 0.717) is 5.75 Å². The third kappa shape index (κ3) is 6.18. The van der Waals surface area contributed by atoms with Gasteiger partial charge in [0, 0.05) is 30.7 Å². The summed E-state index contributed by atoms with van der Waals surface area (Å²) >= 11 is 0. The average Bonchev–Trinajstić information content (AvgIpc) is 2.76. The van der Waals surface area contributed by atoms with Crippen LogP contribution in [-0.4, -0.2) is 49.7 Å². The number of nitrogens with zero attached hydrogens (tertiary/aromatic N) is 1.